The maximum absolute atomic E-state index is 14.3. The first-order chi connectivity index (χ1) is 22.7. The molecule has 0 spiro atoms. The summed E-state index contributed by atoms with van der Waals surface area (Å²) in [6.07, 6.45) is 0.150. The molecule has 0 atom stereocenters. The number of esters is 1. The van der Waals surface area contributed by atoms with Gasteiger partial charge in [-0.15, -0.1) is 22.7 Å². The number of alkyl halides is 3. The monoisotopic (exact) mass is 756 g/mol. The van der Waals surface area contributed by atoms with Gasteiger partial charge in [0, 0.05) is 23.9 Å². The first-order valence-electron chi connectivity index (χ1n) is 14.8. The molecule has 0 aliphatic carbocycles. The Bertz CT molecular complexity index is 2000. The zero-order valence-electron chi connectivity index (χ0n) is 26.7. The van der Waals surface area contributed by atoms with E-state index >= 15 is 0 Å². The van der Waals surface area contributed by atoms with Crippen molar-refractivity contribution in [3.63, 3.8) is 0 Å². The van der Waals surface area contributed by atoms with Gasteiger partial charge in [-0.2, -0.15) is 0 Å². The van der Waals surface area contributed by atoms with Gasteiger partial charge in [-0.05, 0) is 56.9 Å². The van der Waals surface area contributed by atoms with E-state index in [2.05, 4.69) is 0 Å². The van der Waals surface area contributed by atoms with Crippen LogP contribution in [0.4, 0.5) is 16.2 Å². The van der Waals surface area contributed by atoms with Crippen molar-refractivity contribution in [2.24, 2.45) is 0 Å². The van der Waals surface area contributed by atoms with Crippen molar-refractivity contribution in [2.75, 3.05) is 50.8 Å². The normalized spacial score (nSPS) is 14.4. The number of rotatable bonds is 7. The van der Waals surface area contributed by atoms with Crippen LogP contribution in [-0.2, 0) is 22.3 Å². The summed E-state index contributed by atoms with van der Waals surface area (Å²) in [6.45, 7) is 5.49. The molecule has 0 bridgehead atoms. The Balaban J connectivity index is 1.43. The fourth-order valence-electron chi connectivity index (χ4n) is 6.10. The Kier molecular flexibility index (Phi) is 8.99. The van der Waals surface area contributed by atoms with Gasteiger partial charge < -0.3 is 33.7 Å². The van der Waals surface area contributed by atoms with Gasteiger partial charge in [-0.3, -0.25) is 9.69 Å². The predicted molar refractivity (Wildman–Crippen MR) is 188 cm³/mol. The molecule has 2 amide bonds. The van der Waals surface area contributed by atoms with E-state index in [-0.39, 0.29) is 30.6 Å². The summed E-state index contributed by atoms with van der Waals surface area (Å²) in [7, 11) is 4.37. The highest BCUT2D eigenvalue weighted by Crippen LogP contribution is 2.55. The number of ether oxygens (including phenoxy) is 5. The standard InChI is InChI=1S/C32H31Cl3N2O9S2/c1-7-45-29(40)19-13-17-14-8-10-36(20(14)22(38)24(43-5)26(17)48-19)28(39)18-12-16-15-9-11-37(30(41)46-31(2,3)32(33,34)35)21(15)23(42-4)25(44-6)27(16)47-18/h12-13,38H,7-11H2,1-6H3. The first kappa shape index (κ1) is 34.5. The lowest BCUT2D eigenvalue weighted by Gasteiger charge is -2.33. The maximum atomic E-state index is 14.3. The second-order valence-electron chi connectivity index (χ2n) is 11.5. The second kappa shape index (κ2) is 12.5. The van der Waals surface area contributed by atoms with Crippen LogP contribution >= 0.6 is 57.5 Å². The summed E-state index contributed by atoms with van der Waals surface area (Å²) in [5.41, 5.74) is 0.817. The van der Waals surface area contributed by atoms with E-state index < -0.39 is 21.5 Å². The van der Waals surface area contributed by atoms with Gasteiger partial charge in [0.1, 0.15) is 4.88 Å². The Morgan fingerprint density at radius 3 is 1.96 bits per heavy atom. The number of fused-ring (bicyclic) bond motifs is 6. The van der Waals surface area contributed by atoms with Crippen LogP contribution in [0.15, 0.2) is 12.1 Å². The Labute approximate surface area is 298 Å². The number of nitrogens with zero attached hydrogens (tertiary/aromatic N) is 2. The van der Waals surface area contributed by atoms with E-state index in [9.17, 15) is 19.5 Å². The van der Waals surface area contributed by atoms with Gasteiger partial charge in [0.15, 0.2) is 28.6 Å². The van der Waals surface area contributed by atoms with Crippen LogP contribution in [-0.4, -0.2) is 73.5 Å². The molecule has 16 heteroatoms. The van der Waals surface area contributed by atoms with Gasteiger partial charge in [-0.25, -0.2) is 9.59 Å². The fourth-order valence-corrected chi connectivity index (χ4v) is 8.48. The molecule has 256 valence electrons. The van der Waals surface area contributed by atoms with Crippen molar-refractivity contribution in [3.05, 3.63) is 33.0 Å². The van der Waals surface area contributed by atoms with E-state index in [0.717, 1.165) is 11.1 Å². The van der Waals surface area contributed by atoms with Gasteiger partial charge in [0.05, 0.1) is 53.6 Å². The molecule has 4 aromatic rings. The third-order valence-corrected chi connectivity index (χ3v) is 12.1. The molecular weight excluding hydrogens is 727 g/mol. The van der Waals surface area contributed by atoms with Crippen LogP contribution in [0.25, 0.3) is 20.2 Å². The minimum atomic E-state index is -1.88. The molecule has 0 radical (unpaired) electrons. The van der Waals surface area contributed by atoms with E-state index in [0.29, 0.717) is 72.2 Å². The van der Waals surface area contributed by atoms with Crippen molar-refractivity contribution < 1.29 is 43.2 Å². The molecule has 48 heavy (non-hydrogen) atoms. The minimum Gasteiger partial charge on any atom is -0.503 e. The average Bonchev–Trinajstić information content (AvgIpc) is 3.83. The van der Waals surface area contributed by atoms with Crippen LogP contribution in [0.3, 0.4) is 0 Å². The third kappa shape index (κ3) is 5.34. The highest BCUT2D eigenvalue weighted by atomic mass is 35.6. The van der Waals surface area contributed by atoms with E-state index in [4.69, 9.17) is 58.5 Å². The van der Waals surface area contributed by atoms with Crippen molar-refractivity contribution in [3.8, 4) is 23.0 Å². The van der Waals surface area contributed by atoms with E-state index in [1.54, 1.807) is 19.1 Å². The summed E-state index contributed by atoms with van der Waals surface area (Å²) < 4.78 is 27.3. The first-order valence-corrected chi connectivity index (χ1v) is 17.6. The number of halogens is 3. The third-order valence-electron chi connectivity index (χ3n) is 8.46. The average molecular weight is 758 g/mol. The molecule has 0 saturated heterocycles. The summed E-state index contributed by atoms with van der Waals surface area (Å²) in [5.74, 6) is -0.184. The number of hydrogen-bond donors (Lipinski definition) is 1. The molecule has 6 rings (SSSR count). The molecule has 4 heterocycles. The van der Waals surface area contributed by atoms with Crippen LogP contribution in [0.1, 0.15) is 51.2 Å². The summed E-state index contributed by atoms with van der Waals surface area (Å²) in [5, 5.41) is 12.8. The molecule has 1 N–H and O–H groups in total. The lowest BCUT2D eigenvalue weighted by Crippen LogP contribution is -2.45. The Hall–Kier alpha value is -3.36. The number of amides is 2. The minimum absolute atomic E-state index is 0.175. The molecule has 2 aliphatic heterocycles. The number of hydrogen-bond acceptors (Lipinski definition) is 11. The maximum Gasteiger partial charge on any atom is 0.415 e. The molecule has 0 fully saturated rings. The number of phenols is 1. The predicted octanol–water partition coefficient (Wildman–Crippen LogP) is 7.87. The van der Waals surface area contributed by atoms with Gasteiger partial charge in [0.2, 0.25) is 3.79 Å². The van der Waals surface area contributed by atoms with Gasteiger partial charge in [0.25, 0.3) is 5.91 Å². The fraction of sp³-hybridized carbons (Fsp3) is 0.406. The Morgan fingerprint density at radius 1 is 0.833 bits per heavy atom. The number of anilines is 2. The van der Waals surface area contributed by atoms with Crippen molar-refractivity contribution in [1.29, 1.82) is 0 Å². The molecule has 2 aromatic carbocycles. The lowest BCUT2D eigenvalue weighted by molar-refractivity contribution is 0.0468. The Morgan fingerprint density at radius 2 is 1.38 bits per heavy atom. The summed E-state index contributed by atoms with van der Waals surface area (Å²) in [4.78, 5) is 43.9. The van der Waals surface area contributed by atoms with Crippen molar-refractivity contribution >= 4 is 107 Å². The molecule has 11 nitrogen and oxygen atoms in total. The SMILES string of the molecule is CCOC(=O)c1cc2c3c(c(O)c(OC)c2s1)N(C(=O)c1cc2c4c(c(OC)c(OC)c2s1)N(C(=O)OC(C)(C)C(Cl)(Cl)Cl)CC4)CC3. The quantitative estimate of drug-likeness (QED) is 0.148. The number of carbonyl (C=O) groups is 3. The molecular formula is C32H31Cl3N2O9S2. The summed E-state index contributed by atoms with van der Waals surface area (Å²) >= 11 is 20.6. The highest BCUT2D eigenvalue weighted by Gasteiger charge is 2.46. The second-order valence-corrected chi connectivity index (χ2v) is 15.9. The van der Waals surface area contributed by atoms with Crippen LogP contribution in [0, 0.1) is 0 Å². The van der Waals surface area contributed by atoms with Crippen LogP contribution in [0.2, 0.25) is 0 Å². The van der Waals surface area contributed by atoms with Crippen LogP contribution in [0.5, 0.6) is 23.0 Å². The number of phenolic OH excluding ortho intramolecular Hbond substituents is 1. The largest absolute Gasteiger partial charge is 0.503 e. The topological polar surface area (TPSA) is 124 Å². The molecule has 0 saturated carbocycles. The zero-order chi connectivity index (χ0) is 34.9. The number of carbonyl (C=O) groups excluding carboxylic acids is 3. The molecule has 2 aromatic heterocycles. The number of thiophene rings is 2. The molecule has 0 unspecified atom stereocenters. The smallest absolute Gasteiger partial charge is 0.415 e. The number of methoxy groups -OCH3 is 3. The van der Waals surface area contributed by atoms with Crippen molar-refractivity contribution in [1.82, 2.24) is 0 Å². The van der Waals surface area contributed by atoms with Crippen molar-refractivity contribution in [2.45, 2.75) is 43.0 Å². The van der Waals surface area contributed by atoms with E-state index in [1.165, 1.54) is 67.7 Å². The highest BCUT2D eigenvalue weighted by molar-refractivity contribution is 7.21. The van der Waals surface area contributed by atoms with Crippen LogP contribution < -0.4 is 24.0 Å². The van der Waals surface area contributed by atoms with E-state index in [1.807, 2.05) is 0 Å². The van der Waals surface area contributed by atoms with Gasteiger partial charge >= 0.3 is 12.1 Å². The lowest BCUT2D eigenvalue weighted by atomic mass is 10.1. The summed E-state index contributed by atoms with van der Waals surface area (Å²) in [6, 6.07) is 3.48. The zero-order valence-corrected chi connectivity index (χ0v) is 30.6. The van der Waals surface area contributed by atoms with Gasteiger partial charge in [-0.1, -0.05) is 34.8 Å². The molecule has 2 aliphatic rings. The number of benzene rings is 2. The number of aromatic hydroxyl groups is 1.